The normalized spacial score (nSPS) is 10.8. The molecule has 0 radical (unpaired) electrons. The van der Waals surface area contributed by atoms with Gasteiger partial charge in [-0.2, -0.15) is 0 Å². The molecule has 6 nitrogen and oxygen atoms in total. The third kappa shape index (κ3) is 2.12. The first-order chi connectivity index (χ1) is 8.15. The van der Waals surface area contributed by atoms with Crippen molar-refractivity contribution in [3.8, 4) is 11.5 Å². The van der Waals surface area contributed by atoms with Crippen LogP contribution in [0.4, 0.5) is 0 Å². The monoisotopic (exact) mass is 234 g/mol. The fourth-order valence-corrected chi connectivity index (χ4v) is 1.60. The zero-order valence-electron chi connectivity index (χ0n) is 9.78. The Kier molecular flexibility index (Phi) is 3.06. The number of aromatic nitrogens is 3. The number of nitrogens with zero attached hydrogens (tertiary/aromatic N) is 2. The predicted octanol–water partition coefficient (Wildman–Crippen LogP) is 0.754. The highest BCUT2D eigenvalue weighted by Gasteiger charge is 2.12. The number of hydrogen-bond donors (Lipinski definition) is 2. The Hall–Kier alpha value is -1.95. The molecule has 2 heterocycles. The molecule has 0 bridgehead atoms. The van der Waals surface area contributed by atoms with E-state index in [9.17, 15) is 4.79 Å². The Labute approximate surface area is 97.9 Å². The molecule has 2 aromatic rings. The molecule has 0 spiro atoms. The van der Waals surface area contributed by atoms with E-state index in [4.69, 9.17) is 10.2 Å². The summed E-state index contributed by atoms with van der Waals surface area (Å²) in [4.78, 5) is 14.3. The fourth-order valence-electron chi connectivity index (χ4n) is 1.60. The molecule has 2 rings (SSSR count). The summed E-state index contributed by atoms with van der Waals surface area (Å²) < 4.78 is 5.37. The van der Waals surface area contributed by atoms with E-state index in [-0.39, 0.29) is 12.1 Å². The van der Waals surface area contributed by atoms with Crippen LogP contribution in [0.25, 0.3) is 11.5 Å². The number of pyridine rings is 1. The quantitative estimate of drug-likeness (QED) is 0.816. The minimum Gasteiger partial charge on any atom is -0.419 e. The molecule has 0 fully saturated rings. The van der Waals surface area contributed by atoms with Crippen LogP contribution < -0.4 is 11.3 Å². The maximum Gasteiger partial charge on any atom is 0.251 e. The van der Waals surface area contributed by atoms with Gasteiger partial charge in [0, 0.05) is 11.3 Å². The lowest BCUT2D eigenvalue weighted by molar-refractivity contribution is 0.508. The predicted molar refractivity (Wildman–Crippen MR) is 62.4 cm³/mol. The van der Waals surface area contributed by atoms with Crippen LogP contribution in [0.1, 0.15) is 24.1 Å². The van der Waals surface area contributed by atoms with Gasteiger partial charge in [0.15, 0.2) is 0 Å². The highest BCUT2D eigenvalue weighted by atomic mass is 16.4. The Morgan fingerprint density at radius 2 is 2.24 bits per heavy atom. The van der Waals surface area contributed by atoms with Crippen LogP contribution in [-0.2, 0) is 13.0 Å². The van der Waals surface area contributed by atoms with Gasteiger partial charge in [0.05, 0.1) is 12.1 Å². The number of H-pyrrole nitrogens is 1. The van der Waals surface area contributed by atoms with Crippen LogP contribution >= 0.6 is 0 Å². The van der Waals surface area contributed by atoms with E-state index in [0.29, 0.717) is 29.5 Å². The van der Waals surface area contributed by atoms with Gasteiger partial charge < -0.3 is 15.1 Å². The van der Waals surface area contributed by atoms with Crippen LogP contribution in [0.2, 0.25) is 0 Å². The van der Waals surface area contributed by atoms with Crippen molar-refractivity contribution >= 4 is 0 Å². The van der Waals surface area contributed by atoms with Gasteiger partial charge in [-0.15, -0.1) is 10.2 Å². The average molecular weight is 234 g/mol. The third-order valence-electron chi connectivity index (χ3n) is 2.57. The fraction of sp³-hybridized carbons (Fsp3) is 0.364. The van der Waals surface area contributed by atoms with E-state index in [2.05, 4.69) is 15.2 Å². The molecular formula is C11H14N4O2. The summed E-state index contributed by atoms with van der Waals surface area (Å²) in [6.07, 6.45) is 0.653. The van der Waals surface area contributed by atoms with E-state index in [0.717, 1.165) is 5.56 Å². The molecule has 0 aromatic carbocycles. The van der Waals surface area contributed by atoms with Crippen LogP contribution in [0, 0.1) is 6.92 Å². The van der Waals surface area contributed by atoms with Gasteiger partial charge >= 0.3 is 0 Å². The molecule has 3 N–H and O–H groups in total. The molecule has 17 heavy (non-hydrogen) atoms. The Morgan fingerprint density at radius 3 is 2.82 bits per heavy atom. The number of aromatic amines is 1. The maximum absolute atomic E-state index is 11.6. The van der Waals surface area contributed by atoms with Crippen LogP contribution in [0.15, 0.2) is 15.3 Å². The molecular weight excluding hydrogens is 220 g/mol. The van der Waals surface area contributed by atoms with E-state index >= 15 is 0 Å². The Bertz CT molecular complexity index is 585. The molecule has 0 aliphatic carbocycles. The van der Waals surface area contributed by atoms with Gasteiger partial charge in [-0.1, -0.05) is 6.92 Å². The van der Waals surface area contributed by atoms with E-state index < -0.39 is 0 Å². The van der Waals surface area contributed by atoms with Gasteiger partial charge in [0.2, 0.25) is 11.8 Å². The van der Waals surface area contributed by atoms with E-state index in [1.165, 1.54) is 0 Å². The molecule has 90 valence electrons. The number of aryl methyl sites for hydroxylation is 2. The van der Waals surface area contributed by atoms with Crippen LogP contribution in [-0.4, -0.2) is 15.2 Å². The van der Waals surface area contributed by atoms with E-state index in [1.54, 1.807) is 13.0 Å². The number of hydrogen-bond acceptors (Lipinski definition) is 5. The summed E-state index contributed by atoms with van der Waals surface area (Å²) in [5, 5.41) is 7.70. The van der Waals surface area contributed by atoms with E-state index in [1.807, 2.05) is 6.92 Å². The molecule has 0 amide bonds. The SMILES string of the molecule is CCc1cc(-c2nnc(CN)o2)c(C)[nH]c1=O. The first kappa shape index (κ1) is 11.5. The van der Waals surface area contributed by atoms with Crippen LogP contribution in [0.3, 0.4) is 0 Å². The second-order valence-electron chi connectivity index (χ2n) is 3.72. The molecule has 0 unspecified atom stereocenters. The maximum atomic E-state index is 11.6. The Balaban J connectivity index is 2.54. The molecule has 0 aliphatic heterocycles. The second kappa shape index (κ2) is 4.50. The summed E-state index contributed by atoms with van der Waals surface area (Å²) >= 11 is 0. The van der Waals surface area contributed by atoms with Gasteiger partial charge in [0.25, 0.3) is 5.56 Å². The molecule has 0 saturated heterocycles. The largest absolute Gasteiger partial charge is 0.419 e. The number of nitrogens with one attached hydrogen (secondary N) is 1. The standard InChI is InChI=1S/C11H14N4O2/c1-3-7-4-8(6(2)13-10(7)16)11-15-14-9(5-12)17-11/h4H,3,5,12H2,1-2H3,(H,13,16). The third-order valence-corrected chi connectivity index (χ3v) is 2.57. The topological polar surface area (TPSA) is 97.8 Å². The molecule has 2 aromatic heterocycles. The lowest BCUT2D eigenvalue weighted by Crippen LogP contribution is -2.13. The first-order valence-electron chi connectivity index (χ1n) is 5.41. The van der Waals surface area contributed by atoms with Crippen molar-refractivity contribution in [1.29, 1.82) is 0 Å². The van der Waals surface area contributed by atoms with Gasteiger partial charge in [-0.25, -0.2) is 0 Å². The van der Waals surface area contributed by atoms with Crippen molar-refractivity contribution < 1.29 is 4.42 Å². The summed E-state index contributed by atoms with van der Waals surface area (Å²) in [5.74, 6) is 0.762. The minimum atomic E-state index is -0.0766. The van der Waals surface area contributed by atoms with Crippen molar-refractivity contribution in [1.82, 2.24) is 15.2 Å². The lowest BCUT2D eigenvalue weighted by atomic mass is 10.1. The van der Waals surface area contributed by atoms with Gasteiger partial charge in [-0.05, 0) is 19.4 Å². The summed E-state index contributed by atoms with van der Waals surface area (Å²) in [6, 6.07) is 1.78. The van der Waals surface area contributed by atoms with Crippen LogP contribution in [0.5, 0.6) is 0 Å². The number of nitrogens with two attached hydrogens (primary N) is 1. The van der Waals surface area contributed by atoms with Crippen molar-refractivity contribution in [2.24, 2.45) is 5.73 Å². The average Bonchev–Trinajstić information content (AvgIpc) is 2.78. The van der Waals surface area contributed by atoms with Crippen molar-refractivity contribution in [2.75, 3.05) is 0 Å². The minimum absolute atomic E-state index is 0.0766. The Morgan fingerprint density at radius 1 is 1.47 bits per heavy atom. The lowest BCUT2D eigenvalue weighted by Gasteiger charge is -2.03. The number of rotatable bonds is 3. The smallest absolute Gasteiger partial charge is 0.251 e. The van der Waals surface area contributed by atoms with Crippen molar-refractivity contribution in [2.45, 2.75) is 26.8 Å². The summed E-state index contributed by atoms with van der Waals surface area (Å²) in [6.45, 7) is 3.92. The summed E-state index contributed by atoms with van der Waals surface area (Å²) in [5.41, 5.74) is 7.47. The highest BCUT2D eigenvalue weighted by Crippen LogP contribution is 2.20. The van der Waals surface area contributed by atoms with Crippen molar-refractivity contribution in [3.63, 3.8) is 0 Å². The molecule has 0 saturated carbocycles. The first-order valence-corrected chi connectivity index (χ1v) is 5.41. The molecule has 0 atom stereocenters. The highest BCUT2D eigenvalue weighted by molar-refractivity contribution is 5.56. The van der Waals surface area contributed by atoms with Gasteiger partial charge in [-0.3, -0.25) is 4.79 Å². The molecule has 0 aliphatic rings. The zero-order chi connectivity index (χ0) is 12.4. The molecule has 6 heteroatoms. The van der Waals surface area contributed by atoms with Crippen molar-refractivity contribution in [3.05, 3.63) is 33.6 Å². The second-order valence-corrected chi connectivity index (χ2v) is 3.72. The zero-order valence-corrected chi connectivity index (χ0v) is 9.78. The van der Waals surface area contributed by atoms with Gasteiger partial charge in [0.1, 0.15) is 0 Å². The summed E-state index contributed by atoms with van der Waals surface area (Å²) in [7, 11) is 0.